The topological polar surface area (TPSA) is 59.0 Å². The molecule has 1 aliphatic heterocycles. The number of hydrazone groups is 1. The molecule has 1 saturated heterocycles. The summed E-state index contributed by atoms with van der Waals surface area (Å²) in [5, 5.41) is 7.67. The lowest BCUT2D eigenvalue weighted by molar-refractivity contribution is -0.139. The monoisotopic (exact) mass is 486 g/mol. The van der Waals surface area contributed by atoms with Crippen molar-refractivity contribution in [2.45, 2.75) is 31.8 Å². The van der Waals surface area contributed by atoms with Gasteiger partial charge in [-0.3, -0.25) is 9.59 Å². The molecule has 182 valence electrons. The zero-order chi connectivity index (χ0) is 25.3. The lowest BCUT2D eigenvalue weighted by atomic mass is 9.55. The standard InChI is InChI=1S/C32H26N2O3/c1-18(2)37-26-16-15-19-9-3-4-10-20(19)25(26)17-33-34-31(35)29-27-21-11-5-6-12-22(21)28(30(29)32(34)36)24-14-8-7-13-23(24)27/h3-18,27-30H,1-2H3/b33-17-/t27?,28?,29-,30-/m0/s1. The molecule has 8 rings (SSSR count). The summed E-state index contributed by atoms with van der Waals surface area (Å²) in [4.78, 5) is 27.7. The summed E-state index contributed by atoms with van der Waals surface area (Å²) in [7, 11) is 0. The number of hydrogen-bond donors (Lipinski definition) is 0. The van der Waals surface area contributed by atoms with Crippen LogP contribution in [0.3, 0.4) is 0 Å². The Balaban J connectivity index is 1.33. The second-order valence-corrected chi connectivity index (χ2v) is 10.4. The molecule has 2 atom stereocenters. The van der Waals surface area contributed by atoms with Crippen LogP contribution in [0.4, 0.5) is 0 Å². The van der Waals surface area contributed by atoms with Crippen LogP contribution < -0.4 is 4.74 Å². The Bertz CT molecular complexity index is 1510. The number of amides is 2. The molecular formula is C32H26N2O3. The van der Waals surface area contributed by atoms with E-state index in [9.17, 15) is 9.59 Å². The van der Waals surface area contributed by atoms with E-state index in [0.717, 1.165) is 43.6 Å². The quantitative estimate of drug-likeness (QED) is 0.268. The smallest absolute Gasteiger partial charge is 0.254 e. The second-order valence-electron chi connectivity index (χ2n) is 10.4. The van der Waals surface area contributed by atoms with Crippen LogP contribution in [0.2, 0.25) is 0 Å². The van der Waals surface area contributed by atoms with Gasteiger partial charge in [-0.25, -0.2) is 0 Å². The normalized spacial score (nSPS) is 23.6. The van der Waals surface area contributed by atoms with Crippen LogP contribution >= 0.6 is 0 Å². The molecule has 1 fully saturated rings. The highest BCUT2D eigenvalue weighted by Crippen LogP contribution is 2.61. The first kappa shape index (κ1) is 22.0. The molecule has 0 spiro atoms. The SMILES string of the molecule is CC(C)Oc1ccc2ccccc2c1/C=N\N1C(=O)[C@H]2C3c4ccccc4C(c4ccccc43)[C@@H]2C1=O. The van der Waals surface area contributed by atoms with Gasteiger partial charge in [0.1, 0.15) is 5.75 Å². The third-order valence-corrected chi connectivity index (χ3v) is 8.02. The lowest BCUT2D eigenvalue weighted by Crippen LogP contribution is -2.41. The molecule has 0 N–H and O–H groups in total. The third-order valence-electron chi connectivity index (χ3n) is 8.02. The van der Waals surface area contributed by atoms with Gasteiger partial charge < -0.3 is 4.74 Å². The zero-order valence-corrected chi connectivity index (χ0v) is 20.7. The van der Waals surface area contributed by atoms with E-state index in [1.54, 1.807) is 6.21 Å². The molecule has 5 heteroatoms. The minimum atomic E-state index is -0.446. The molecular weight excluding hydrogens is 460 g/mol. The van der Waals surface area contributed by atoms with Gasteiger partial charge in [0.2, 0.25) is 0 Å². The molecule has 0 aromatic heterocycles. The molecule has 5 nitrogen and oxygen atoms in total. The average Bonchev–Trinajstić information content (AvgIpc) is 3.17. The van der Waals surface area contributed by atoms with Crippen LogP contribution in [-0.4, -0.2) is 29.1 Å². The molecule has 0 radical (unpaired) electrons. The molecule has 1 heterocycles. The zero-order valence-electron chi connectivity index (χ0n) is 20.7. The summed E-state index contributed by atoms with van der Waals surface area (Å²) in [6.07, 6.45) is 1.59. The van der Waals surface area contributed by atoms with Gasteiger partial charge in [0, 0.05) is 17.4 Å². The van der Waals surface area contributed by atoms with E-state index in [1.165, 1.54) is 0 Å². The van der Waals surface area contributed by atoms with Gasteiger partial charge in [-0.15, -0.1) is 0 Å². The van der Waals surface area contributed by atoms with E-state index >= 15 is 0 Å². The Morgan fingerprint density at radius 2 is 1.24 bits per heavy atom. The van der Waals surface area contributed by atoms with E-state index in [4.69, 9.17) is 4.74 Å². The summed E-state index contributed by atoms with van der Waals surface area (Å²) in [6, 6.07) is 28.4. The fourth-order valence-corrected chi connectivity index (χ4v) is 6.66. The van der Waals surface area contributed by atoms with Gasteiger partial charge in [0.15, 0.2) is 0 Å². The molecule has 2 amide bonds. The van der Waals surface area contributed by atoms with Crippen molar-refractivity contribution in [3.63, 3.8) is 0 Å². The van der Waals surface area contributed by atoms with E-state index in [2.05, 4.69) is 29.4 Å². The number of imide groups is 1. The van der Waals surface area contributed by atoms with Crippen molar-refractivity contribution in [3.8, 4) is 5.75 Å². The molecule has 2 bridgehead atoms. The summed E-state index contributed by atoms with van der Waals surface area (Å²) in [5.41, 5.74) is 5.38. The maximum Gasteiger partial charge on any atom is 0.254 e. The minimum Gasteiger partial charge on any atom is -0.490 e. The number of ether oxygens (including phenoxy) is 1. The number of benzene rings is 4. The number of hydrogen-bond acceptors (Lipinski definition) is 4. The number of carbonyl (C=O) groups is 2. The summed E-state index contributed by atoms with van der Waals surface area (Å²) in [6.45, 7) is 3.94. The van der Waals surface area contributed by atoms with Crippen LogP contribution in [0.1, 0.15) is 53.5 Å². The number of nitrogens with zero attached hydrogens (tertiary/aromatic N) is 2. The van der Waals surface area contributed by atoms with Crippen molar-refractivity contribution in [1.29, 1.82) is 0 Å². The van der Waals surface area contributed by atoms with E-state index in [1.807, 2.05) is 74.5 Å². The first-order chi connectivity index (χ1) is 18.0. The van der Waals surface area contributed by atoms with Crippen LogP contribution in [0.25, 0.3) is 10.8 Å². The van der Waals surface area contributed by atoms with Gasteiger partial charge >= 0.3 is 0 Å². The Kier molecular flexibility index (Phi) is 4.83. The van der Waals surface area contributed by atoms with Crippen molar-refractivity contribution in [2.24, 2.45) is 16.9 Å². The van der Waals surface area contributed by atoms with Crippen molar-refractivity contribution in [2.75, 3.05) is 0 Å². The Hall–Kier alpha value is -4.25. The summed E-state index contributed by atoms with van der Waals surface area (Å²) >= 11 is 0. The van der Waals surface area contributed by atoms with Gasteiger partial charge in [0.25, 0.3) is 11.8 Å². The number of rotatable bonds is 4. The van der Waals surface area contributed by atoms with Crippen LogP contribution in [0.5, 0.6) is 5.75 Å². The van der Waals surface area contributed by atoms with Crippen LogP contribution in [0, 0.1) is 11.8 Å². The molecule has 0 saturated carbocycles. The van der Waals surface area contributed by atoms with Gasteiger partial charge in [0.05, 0.1) is 24.2 Å². The van der Waals surface area contributed by atoms with Crippen molar-refractivity contribution >= 4 is 28.8 Å². The number of carbonyl (C=O) groups excluding carboxylic acids is 2. The predicted molar refractivity (Wildman–Crippen MR) is 143 cm³/mol. The molecule has 4 aliphatic rings. The largest absolute Gasteiger partial charge is 0.490 e. The third kappa shape index (κ3) is 3.13. The molecule has 4 aromatic carbocycles. The first-order valence-electron chi connectivity index (χ1n) is 12.8. The van der Waals surface area contributed by atoms with Gasteiger partial charge in [-0.05, 0) is 52.9 Å². The summed E-state index contributed by atoms with van der Waals surface area (Å²) in [5.74, 6) is -0.952. The van der Waals surface area contributed by atoms with Crippen molar-refractivity contribution < 1.29 is 14.3 Å². The van der Waals surface area contributed by atoms with Crippen molar-refractivity contribution in [1.82, 2.24) is 5.01 Å². The molecule has 0 unspecified atom stereocenters. The molecule has 4 aromatic rings. The Morgan fingerprint density at radius 1 is 0.730 bits per heavy atom. The molecule has 37 heavy (non-hydrogen) atoms. The average molecular weight is 487 g/mol. The molecule has 3 aliphatic carbocycles. The van der Waals surface area contributed by atoms with Crippen LogP contribution in [-0.2, 0) is 9.59 Å². The fourth-order valence-electron chi connectivity index (χ4n) is 6.66. The first-order valence-corrected chi connectivity index (χ1v) is 12.8. The predicted octanol–water partition coefficient (Wildman–Crippen LogP) is 5.85. The van der Waals surface area contributed by atoms with E-state index < -0.39 is 11.8 Å². The second kappa shape index (κ2) is 8.13. The highest BCUT2D eigenvalue weighted by Gasteiger charge is 2.61. The highest BCUT2D eigenvalue weighted by molar-refractivity contribution is 6.09. The summed E-state index contributed by atoms with van der Waals surface area (Å²) < 4.78 is 6.07. The number of fused-ring (bicyclic) bond motifs is 1. The highest BCUT2D eigenvalue weighted by atomic mass is 16.5. The Morgan fingerprint density at radius 3 is 1.78 bits per heavy atom. The lowest BCUT2D eigenvalue weighted by Gasteiger charge is -2.45. The van der Waals surface area contributed by atoms with Crippen LogP contribution in [0.15, 0.2) is 90.0 Å². The maximum atomic E-state index is 13.9. The van der Waals surface area contributed by atoms with E-state index in [-0.39, 0.29) is 29.8 Å². The van der Waals surface area contributed by atoms with Crippen molar-refractivity contribution in [3.05, 3.63) is 113 Å². The fraction of sp³-hybridized carbons (Fsp3) is 0.219. The van der Waals surface area contributed by atoms with E-state index in [0.29, 0.717) is 5.75 Å². The maximum absolute atomic E-state index is 13.9. The van der Waals surface area contributed by atoms with Gasteiger partial charge in [-0.2, -0.15) is 10.1 Å². The minimum absolute atomic E-state index is 0.0288. The Labute approximate surface area is 215 Å². The van der Waals surface area contributed by atoms with Gasteiger partial charge in [-0.1, -0.05) is 78.9 Å².